The molecule has 0 saturated heterocycles. The van der Waals surface area contributed by atoms with E-state index in [9.17, 15) is 0 Å². The van der Waals surface area contributed by atoms with Gasteiger partial charge in [-0.15, -0.1) is 10.2 Å². The highest BCUT2D eigenvalue weighted by atomic mass is 35.5. The van der Waals surface area contributed by atoms with Crippen LogP contribution in [-0.2, 0) is 5.75 Å². The summed E-state index contributed by atoms with van der Waals surface area (Å²) in [6.45, 7) is 1.01. The van der Waals surface area contributed by atoms with Crippen molar-refractivity contribution in [2.45, 2.75) is 11.0 Å². The van der Waals surface area contributed by atoms with E-state index in [1.54, 1.807) is 20.3 Å². The zero-order valence-corrected chi connectivity index (χ0v) is 16.8. The highest BCUT2D eigenvalue weighted by Crippen LogP contribution is 2.40. The monoisotopic (exact) mass is 420 g/mol. The van der Waals surface area contributed by atoms with E-state index in [0.29, 0.717) is 63.7 Å². The summed E-state index contributed by atoms with van der Waals surface area (Å²) < 4.78 is 27.5. The summed E-state index contributed by atoms with van der Waals surface area (Å²) in [5.41, 5.74) is 1.67. The van der Waals surface area contributed by atoms with Crippen molar-refractivity contribution in [1.82, 2.24) is 10.2 Å². The molecule has 9 heteroatoms. The van der Waals surface area contributed by atoms with Gasteiger partial charge in [-0.25, -0.2) is 0 Å². The van der Waals surface area contributed by atoms with Crippen LogP contribution in [0, 0.1) is 0 Å². The third kappa shape index (κ3) is 3.83. The Morgan fingerprint density at radius 1 is 1.07 bits per heavy atom. The molecule has 0 amide bonds. The molecule has 0 atom stereocenters. The number of methoxy groups -OCH3 is 2. The first-order chi connectivity index (χ1) is 13.7. The molecule has 7 nitrogen and oxygen atoms in total. The number of halogens is 1. The Kier molecular flexibility index (Phi) is 5.50. The van der Waals surface area contributed by atoms with E-state index in [0.717, 1.165) is 5.56 Å². The van der Waals surface area contributed by atoms with Crippen molar-refractivity contribution in [2.24, 2.45) is 0 Å². The molecule has 0 aliphatic carbocycles. The Morgan fingerprint density at radius 3 is 2.75 bits per heavy atom. The Balaban J connectivity index is 1.49. The predicted octanol–water partition coefficient (Wildman–Crippen LogP) is 4.47. The SMILES string of the molecule is COc1ccc(-c2nnc(SCc3cc(Cl)c4c(c3)OCCO4)o2)c(OC)c1. The van der Waals surface area contributed by atoms with Gasteiger partial charge < -0.3 is 23.4 Å². The molecule has 0 radical (unpaired) electrons. The Bertz CT molecular complexity index is 994. The van der Waals surface area contributed by atoms with Crippen LogP contribution < -0.4 is 18.9 Å². The van der Waals surface area contributed by atoms with Gasteiger partial charge in [-0.05, 0) is 29.8 Å². The standard InChI is InChI=1S/C19H17ClN2O5S/c1-23-12-3-4-13(15(9-12)24-2)18-21-22-19(27-18)28-10-11-7-14(20)17-16(8-11)25-5-6-26-17/h3-4,7-9H,5-6,10H2,1-2H3. The van der Waals surface area contributed by atoms with E-state index < -0.39 is 0 Å². The summed E-state index contributed by atoms with van der Waals surface area (Å²) in [5.74, 6) is 3.50. The fourth-order valence-corrected chi connectivity index (χ4v) is 3.73. The van der Waals surface area contributed by atoms with Gasteiger partial charge in [0, 0.05) is 11.8 Å². The third-order valence-corrected chi connectivity index (χ3v) is 5.23. The van der Waals surface area contributed by atoms with Crippen LogP contribution in [0.25, 0.3) is 11.5 Å². The highest BCUT2D eigenvalue weighted by Gasteiger charge is 2.18. The van der Waals surface area contributed by atoms with Gasteiger partial charge in [-0.1, -0.05) is 23.4 Å². The first-order valence-corrected chi connectivity index (χ1v) is 9.81. The molecule has 146 valence electrons. The first kappa shape index (κ1) is 18.8. The van der Waals surface area contributed by atoms with Gasteiger partial charge in [-0.2, -0.15) is 0 Å². The number of fused-ring (bicyclic) bond motifs is 1. The lowest BCUT2D eigenvalue weighted by atomic mass is 10.2. The van der Waals surface area contributed by atoms with E-state index in [4.69, 9.17) is 35.0 Å². The second-order valence-electron chi connectivity index (χ2n) is 5.83. The number of ether oxygens (including phenoxy) is 4. The third-order valence-electron chi connectivity index (χ3n) is 4.06. The van der Waals surface area contributed by atoms with Crippen LogP contribution in [0.1, 0.15) is 5.56 Å². The number of hydrogen-bond donors (Lipinski definition) is 0. The molecule has 0 unspecified atom stereocenters. The number of hydrogen-bond acceptors (Lipinski definition) is 8. The maximum Gasteiger partial charge on any atom is 0.277 e. The van der Waals surface area contributed by atoms with Crippen molar-refractivity contribution < 1.29 is 23.4 Å². The van der Waals surface area contributed by atoms with Crippen molar-refractivity contribution in [3.63, 3.8) is 0 Å². The van der Waals surface area contributed by atoms with Crippen LogP contribution in [0.3, 0.4) is 0 Å². The van der Waals surface area contributed by atoms with E-state index in [-0.39, 0.29) is 0 Å². The van der Waals surface area contributed by atoms with Gasteiger partial charge in [0.05, 0.1) is 24.8 Å². The maximum absolute atomic E-state index is 6.28. The molecular weight excluding hydrogens is 404 g/mol. The average Bonchev–Trinajstić information content (AvgIpc) is 3.20. The summed E-state index contributed by atoms with van der Waals surface area (Å²) in [7, 11) is 3.18. The molecule has 0 N–H and O–H groups in total. The van der Waals surface area contributed by atoms with Gasteiger partial charge in [0.2, 0.25) is 0 Å². The summed E-state index contributed by atoms with van der Waals surface area (Å²) in [6, 6.07) is 9.17. The van der Waals surface area contributed by atoms with Crippen LogP contribution in [0.2, 0.25) is 5.02 Å². The molecule has 1 aliphatic rings. The van der Waals surface area contributed by atoms with Crippen molar-refractivity contribution in [2.75, 3.05) is 27.4 Å². The molecule has 2 heterocycles. The molecule has 0 spiro atoms. The van der Waals surface area contributed by atoms with E-state index in [1.807, 2.05) is 24.3 Å². The fraction of sp³-hybridized carbons (Fsp3) is 0.263. The zero-order valence-electron chi connectivity index (χ0n) is 15.2. The molecule has 1 aromatic heterocycles. The molecule has 3 aromatic rings. The molecule has 0 bridgehead atoms. The van der Waals surface area contributed by atoms with Crippen LogP contribution in [0.5, 0.6) is 23.0 Å². The highest BCUT2D eigenvalue weighted by molar-refractivity contribution is 7.98. The fourth-order valence-electron chi connectivity index (χ4n) is 2.74. The minimum Gasteiger partial charge on any atom is -0.497 e. The van der Waals surface area contributed by atoms with E-state index >= 15 is 0 Å². The maximum atomic E-state index is 6.28. The molecule has 1 aliphatic heterocycles. The van der Waals surface area contributed by atoms with Crippen LogP contribution in [-0.4, -0.2) is 37.6 Å². The van der Waals surface area contributed by atoms with Crippen molar-refractivity contribution in [3.8, 4) is 34.5 Å². The van der Waals surface area contributed by atoms with Crippen LogP contribution in [0.15, 0.2) is 40.0 Å². The van der Waals surface area contributed by atoms with Gasteiger partial charge >= 0.3 is 0 Å². The minimum absolute atomic E-state index is 0.377. The smallest absolute Gasteiger partial charge is 0.277 e. The van der Waals surface area contributed by atoms with E-state index in [1.165, 1.54) is 11.8 Å². The average molecular weight is 421 g/mol. The second-order valence-corrected chi connectivity index (χ2v) is 7.16. The number of thioether (sulfide) groups is 1. The van der Waals surface area contributed by atoms with E-state index in [2.05, 4.69) is 10.2 Å². The number of rotatable bonds is 6. The van der Waals surface area contributed by atoms with Gasteiger partial charge in [-0.3, -0.25) is 0 Å². The summed E-state index contributed by atoms with van der Waals surface area (Å²) in [5, 5.41) is 9.20. The molecule has 28 heavy (non-hydrogen) atoms. The quantitative estimate of drug-likeness (QED) is 0.540. The molecule has 2 aromatic carbocycles. The number of benzene rings is 2. The molecule has 0 fully saturated rings. The summed E-state index contributed by atoms with van der Waals surface area (Å²) in [6.07, 6.45) is 0. The Morgan fingerprint density at radius 2 is 1.93 bits per heavy atom. The summed E-state index contributed by atoms with van der Waals surface area (Å²) >= 11 is 7.69. The van der Waals surface area contributed by atoms with Crippen molar-refractivity contribution in [3.05, 3.63) is 40.9 Å². The van der Waals surface area contributed by atoms with Gasteiger partial charge in [0.1, 0.15) is 24.7 Å². The Hall–Kier alpha value is -2.58. The molecule has 4 rings (SSSR count). The number of nitrogens with zero attached hydrogens (tertiary/aromatic N) is 2. The van der Waals surface area contributed by atoms with Crippen LogP contribution >= 0.6 is 23.4 Å². The van der Waals surface area contributed by atoms with Crippen molar-refractivity contribution in [1.29, 1.82) is 0 Å². The van der Waals surface area contributed by atoms with Gasteiger partial charge in [0.25, 0.3) is 11.1 Å². The lowest BCUT2D eigenvalue weighted by molar-refractivity contribution is 0.171. The zero-order chi connectivity index (χ0) is 19.5. The normalized spacial score (nSPS) is 12.7. The lowest BCUT2D eigenvalue weighted by Crippen LogP contribution is -2.15. The summed E-state index contributed by atoms with van der Waals surface area (Å²) in [4.78, 5) is 0. The second kappa shape index (κ2) is 8.20. The largest absolute Gasteiger partial charge is 0.497 e. The number of aromatic nitrogens is 2. The van der Waals surface area contributed by atoms with Crippen LogP contribution in [0.4, 0.5) is 0 Å². The molecule has 0 saturated carbocycles. The Labute approximate surface area is 170 Å². The first-order valence-electron chi connectivity index (χ1n) is 8.44. The predicted molar refractivity (Wildman–Crippen MR) is 105 cm³/mol. The van der Waals surface area contributed by atoms with Gasteiger partial charge in [0.15, 0.2) is 11.5 Å². The van der Waals surface area contributed by atoms with Crippen molar-refractivity contribution >= 4 is 23.4 Å². The minimum atomic E-state index is 0.377. The molecular formula is C19H17ClN2O5S. The lowest BCUT2D eigenvalue weighted by Gasteiger charge is -2.20. The topological polar surface area (TPSA) is 75.8 Å².